The molecule has 0 unspecified atom stereocenters. The summed E-state index contributed by atoms with van der Waals surface area (Å²) in [6.45, 7) is 0. The minimum atomic E-state index is -0.993. The number of rotatable bonds is 7. The molecule has 0 fully saturated rings. The highest BCUT2D eigenvalue weighted by molar-refractivity contribution is 5.85. The van der Waals surface area contributed by atoms with Crippen molar-refractivity contribution in [3.8, 4) is 0 Å². The second-order valence-corrected chi connectivity index (χ2v) is 5.58. The van der Waals surface area contributed by atoms with Gasteiger partial charge < -0.3 is 10.1 Å². The zero-order valence-electron chi connectivity index (χ0n) is 14.0. The van der Waals surface area contributed by atoms with Gasteiger partial charge in [0.05, 0.1) is 18.5 Å². The van der Waals surface area contributed by atoms with E-state index in [1.54, 1.807) is 12.1 Å². The van der Waals surface area contributed by atoms with E-state index in [2.05, 4.69) is 10.1 Å². The lowest BCUT2D eigenvalue weighted by Gasteiger charge is -2.16. The van der Waals surface area contributed by atoms with Crippen LogP contribution in [0.15, 0.2) is 48.5 Å². The van der Waals surface area contributed by atoms with Crippen molar-refractivity contribution in [2.75, 3.05) is 7.11 Å². The topological polar surface area (TPSA) is 98.5 Å². The van der Waals surface area contributed by atoms with E-state index in [1.165, 1.54) is 43.5 Å². The van der Waals surface area contributed by atoms with Crippen LogP contribution in [0, 0.1) is 15.9 Å². The predicted octanol–water partition coefficient (Wildman–Crippen LogP) is 2.18. The molecule has 0 aromatic heterocycles. The number of esters is 1. The summed E-state index contributed by atoms with van der Waals surface area (Å²) in [4.78, 5) is 34.4. The van der Waals surface area contributed by atoms with Gasteiger partial charge in [0, 0.05) is 18.6 Å². The molecule has 2 rings (SSSR count). The number of amides is 1. The number of nitrogens with one attached hydrogen (secondary N) is 1. The average Bonchev–Trinajstić information content (AvgIpc) is 2.60. The van der Waals surface area contributed by atoms with Crippen molar-refractivity contribution in [1.29, 1.82) is 0 Å². The van der Waals surface area contributed by atoms with E-state index >= 15 is 0 Å². The summed E-state index contributed by atoms with van der Waals surface area (Å²) in [5.41, 5.74) is 0.835. The van der Waals surface area contributed by atoms with Crippen LogP contribution >= 0.6 is 0 Å². The summed E-state index contributed by atoms with van der Waals surface area (Å²) in [7, 11) is 1.19. The van der Waals surface area contributed by atoms with Crippen molar-refractivity contribution < 1.29 is 23.6 Å². The lowest BCUT2D eigenvalue weighted by molar-refractivity contribution is -0.384. The van der Waals surface area contributed by atoms with Crippen molar-refractivity contribution in [3.05, 3.63) is 75.6 Å². The van der Waals surface area contributed by atoms with Crippen LogP contribution in [0.25, 0.3) is 0 Å². The second kappa shape index (κ2) is 8.70. The lowest BCUT2D eigenvalue weighted by Crippen LogP contribution is -2.43. The highest BCUT2D eigenvalue weighted by atomic mass is 19.1. The molecule has 0 aliphatic carbocycles. The average molecular weight is 360 g/mol. The molecule has 26 heavy (non-hydrogen) atoms. The molecule has 1 atom stereocenters. The fraction of sp³-hybridized carbons (Fsp3) is 0.222. The number of non-ortho nitro benzene ring substituents is 1. The smallest absolute Gasteiger partial charge is 0.328 e. The van der Waals surface area contributed by atoms with Crippen LogP contribution in [-0.4, -0.2) is 30.0 Å². The summed E-state index contributed by atoms with van der Waals surface area (Å²) in [5.74, 6) is -1.62. The van der Waals surface area contributed by atoms with Crippen LogP contribution in [0.2, 0.25) is 0 Å². The molecule has 0 saturated carbocycles. The Bertz CT molecular complexity index is 825. The highest BCUT2D eigenvalue weighted by Crippen LogP contribution is 2.14. The highest BCUT2D eigenvalue weighted by Gasteiger charge is 2.22. The number of benzene rings is 2. The van der Waals surface area contributed by atoms with Gasteiger partial charge in [0.1, 0.15) is 11.9 Å². The van der Waals surface area contributed by atoms with Crippen LogP contribution in [0.4, 0.5) is 10.1 Å². The summed E-state index contributed by atoms with van der Waals surface area (Å²) in [6.07, 6.45) is -0.0799. The molecule has 0 aliphatic heterocycles. The van der Waals surface area contributed by atoms with Gasteiger partial charge in [-0.25, -0.2) is 9.18 Å². The van der Waals surface area contributed by atoms with Gasteiger partial charge in [-0.05, 0) is 23.3 Å². The minimum Gasteiger partial charge on any atom is -0.467 e. The van der Waals surface area contributed by atoms with Crippen LogP contribution in [0.1, 0.15) is 11.1 Å². The molecule has 1 amide bonds. The molecule has 8 heteroatoms. The van der Waals surface area contributed by atoms with Crippen molar-refractivity contribution in [1.82, 2.24) is 5.32 Å². The molecule has 1 N–H and O–H groups in total. The van der Waals surface area contributed by atoms with E-state index in [-0.39, 0.29) is 18.5 Å². The normalized spacial score (nSPS) is 11.5. The maximum Gasteiger partial charge on any atom is 0.328 e. The summed E-state index contributed by atoms with van der Waals surface area (Å²) in [5, 5.41) is 13.3. The summed E-state index contributed by atoms with van der Waals surface area (Å²) in [6, 6.07) is 10.4. The zero-order chi connectivity index (χ0) is 19.1. The molecule has 0 radical (unpaired) electrons. The van der Waals surface area contributed by atoms with Crippen LogP contribution in [0.3, 0.4) is 0 Å². The zero-order valence-corrected chi connectivity index (χ0v) is 14.0. The van der Waals surface area contributed by atoms with Gasteiger partial charge in [0.2, 0.25) is 5.91 Å². The van der Waals surface area contributed by atoms with E-state index in [9.17, 15) is 24.1 Å². The Kier molecular flexibility index (Phi) is 6.37. The van der Waals surface area contributed by atoms with Gasteiger partial charge >= 0.3 is 5.97 Å². The molecule has 136 valence electrons. The number of hydrogen-bond acceptors (Lipinski definition) is 5. The lowest BCUT2D eigenvalue weighted by atomic mass is 10.0. The minimum absolute atomic E-state index is 0.0606. The van der Waals surface area contributed by atoms with Gasteiger partial charge in [-0.1, -0.05) is 24.3 Å². The van der Waals surface area contributed by atoms with Gasteiger partial charge in [-0.15, -0.1) is 0 Å². The summed E-state index contributed by atoms with van der Waals surface area (Å²) >= 11 is 0. The number of nitro groups is 1. The molecule has 2 aromatic rings. The van der Waals surface area contributed by atoms with E-state index < -0.39 is 28.7 Å². The fourth-order valence-corrected chi connectivity index (χ4v) is 2.45. The Hall–Kier alpha value is -3.29. The maximum absolute atomic E-state index is 13.3. The Labute approximate surface area is 148 Å². The maximum atomic E-state index is 13.3. The second-order valence-electron chi connectivity index (χ2n) is 5.58. The van der Waals surface area contributed by atoms with E-state index in [0.29, 0.717) is 11.1 Å². The van der Waals surface area contributed by atoms with Gasteiger partial charge in [-0.3, -0.25) is 14.9 Å². The predicted molar refractivity (Wildman–Crippen MR) is 90.9 cm³/mol. The third-order valence-electron chi connectivity index (χ3n) is 3.64. The van der Waals surface area contributed by atoms with Gasteiger partial charge in [0.25, 0.3) is 5.69 Å². The van der Waals surface area contributed by atoms with Crippen LogP contribution in [-0.2, 0) is 27.2 Å². The molecule has 7 nitrogen and oxygen atoms in total. The first kappa shape index (κ1) is 19.0. The van der Waals surface area contributed by atoms with E-state index in [4.69, 9.17) is 0 Å². The van der Waals surface area contributed by atoms with Gasteiger partial charge in [-0.2, -0.15) is 0 Å². The third-order valence-corrected chi connectivity index (χ3v) is 3.64. The number of nitrogens with zero attached hydrogens (tertiary/aromatic N) is 1. The Balaban J connectivity index is 2.07. The molecule has 0 aliphatic rings. The fourth-order valence-electron chi connectivity index (χ4n) is 2.45. The standard InChI is InChI=1S/C18H17FN2O5/c1-26-18(23)16(10-12-4-2-6-14(19)8-12)20-17(22)11-13-5-3-7-15(9-13)21(24)25/h2-9,16H,10-11H2,1H3,(H,20,22)/t16-/m1/s1. The first-order valence-electron chi connectivity index (χ1n) is 7.74. The Morgan fingerprint density at radius 3 is 2.54 bits per heavy atom. The van der Waals surface area contributed by atoms with E-state index in [0.717, 1.165) is 0 Å². The van der Waals surface area contributed by atoms with Gasteiger partial charge in [0.15, 0.2) is 0 Å². The first-order chi connectivity index (χ1) is 12.4. The number of hydrogen-bond donors (Lipinski definition) is 1. The van der Waals surface area contributed by atoms with E-state index in [1.807, 2.05) is 0 Å². The largest absolute Gasteiger partial charge is 0.467 e. The Morgan fingerprint density at radius 1 is 1.19 bits per heavy atom. The van der Waals surface area contributed by atoms with Crippen LogP contribution < -0.4 is 5.32 Å². The van der Waals surface area contributed by atoms with Crippen molar-refractivity contribution in [2.24, 2.45) is 0 Å². The summed E-state index contributed by atoms with van der Waals surface area (Å²) < 4.78 is 18.0. The van der Waals surface area contributed by atoms with Crippen molar-refractivity contribution in [2.45, 2.75) is 18.9 Å². The number of methoxy groups -OCH3 is 1. The SMILES string of the molecule is COC(=O)[C@@H](Cc1cccc(F)c1)NC(=O)Cc1cccc([N+](=O)[O-])c1. The first-order valence-corrected chi connectivity index (χ1v) is 7.74. The molecule has 0 bridgehead atoms. The number of carbonyl (C=O) groups is 2. The molecular weight excluding hydrogens is 343 g/mol. The molecule has 2 aromatic carbocycles. The quantitative estimate of drug-likeness (QED) is 0.464. The number of nitro benzene ring substituents is 1. The van der Waals surface area contributed by atoms with Crippen molar-refractivity contribution in [3.63, 3.8) is 0 Å². The molecule has 0 spiro atoms. The van der Waals surface area contributed by atoms with Crippen molar-refractivity contribution >= 4 is 17.6 Å². The number of halogens is 1. The number of ether oxygens (including phenoxy) is 1. The molecular formula is C18H17FN2O5. The number of carbonyl (C=O) groups excluding carboxylic acids is 2. The third kappa shape index (κ3) is 5.37. The van der Waals surface area contributed by atoms with Crippen LogP contribution in [0.5, 0.6) is 0 Å². The molecule has 0 heterocycles. The Morgan fingerprint density at radius 2 is 1.88 bits per heavy atom. The molecule has 0 saturated heterocycles. The monoisotopic (exact) mass is 360 g/mol.